The predicted octanol–water partition coefficient (Wildman–Crippen LogP) is 2.53. The molecule has 1 aromatic carbocycles. The number of carbonyl (C=O) groups is 2. The number of hydrogen-bond acceptors (Lipinski definition) is 5. The number of fused-ring (bicyclic) bond motifs is 1. The summed E-state index contributed by atoms with van der Waals surface area (Å²) in [5.41, 5.74) is 1.16. The summed E-state index contributed by atoms with van der Waals surface area (Å²) in [6.45, 7) is 3.39. The van der Waals surface area contributed by atoms with Gasteiger partial charge in [-0.3, -0.25) is 4.79 Å². The molecule has 2 aromatic rings. The van der Waals surface area contributed by atoms with E-state index in [0.717, 1.165) is 12.0 Å². The fraction of sp³-hybridized carbons (Fsp3) is 0.333. The van der Waals surface area contributed by atoms with Crippen molar-refractivity contribution in [2.24, 2.45) is 0 Å². The smallest absolute Gasteiger partial charge is 0.344 e. The first-order valence-corrected chi connectivity index (χ1v) is 7.70. The van der Waals surface area contributed by atoms with Gasteiger partial charge in [0.25, 0.3) is 0 Å². The van der Waals surface area contributed by atoms with Gasteiger partial charge in [0.15, 0.2) is 24.7 Å². The molecule has 2 heterocycles. The van der Waals surface area contributed by atoms with Crippen molar-refractivity contribution in [2.45, 2.75) is 25.9 Å². The number of aromatic nitrogens is 1. The van der Waals surface area contributed by atoms with Gasteiger partial charge in [-0.05, 0) is 32.0 Å². The van der Waals surface area contributed by atoms with E-state index in [4.69, 9.17) is 14.2 Å². The van der Waals surface area contributed by atoms with E-state index in [1.807, 2.05) is 26.0 Å². The molecule has 0 fully saturated rings. The molecule has 6 heteroatoms. The highest BCUT2D eigenvalue weighted by Gasteiger charge is 2.32. The third kappa shape index (κ3) is 3.59. The van der Waals surface area contributed by atoms with Crippen LogP contribution in [0.25, 0.3) is 0 Å². The molecule has 3 rings (SSSR count). The first-order chi connectivity index (χ1) is 11.4. The van der Waals surface area contributed by atoms with Crippen LogP contribution in [0.4, 0.5) is 0 Å². The van der Waals surface area contributed by atoms with Crippen molar-refractivity contribution in [1.29, 1.82) is 0 Å². The summed E-state index contributed by atoms with van der Waals surface area (Å²) in [6, 6.07) is 8.91. The standard InChI is InChI=1S/C18H19NO5/c1-18(2)9-12-5-3-7-15(17(12)24-18)22-11-16(21)23-10-14(20)13-6-4-8-19-13/h3-8,19H,9-11H2,1-2H3. The Labute approximate surface area is 139 Å². The Kier molecular flexibility index (Phi) is 4.29. The van der Waals surface area contributed by atoms with Crippen LogP contribution in [0.5, 0.6) is 11.5 Å². The molecular weight excluding hydrogens is 310 g/mol. The van der Waals surface area contributed by atoms with Gasteiger partial charge in [0.2, 0.25) is 5.78 Å². The Balaban J connectivity index is 1.53. The van der Waals surface area contributed by atoms with Crippen molar-refractivity contribution in [3.8, 4) is 11.5 Å². The first kappa shape index (κ1) is 16.1. The fourth-order valence-electron chi connectivity index (χ4n) is 2.61. The molecule has 0 amide bonds. The van der Waals surface area contributed by atoms with Crippen molar-refractivity contribution in [3.05, 3.63) is 47.8 Å². The van der Waals surface area contributed by atoms with Crippen LogP contribution >= 0.6 is 0 Å². The predicted molar refractivity (Wildman–Crippen MR) is 86.4 cm³/mol. The van der Waals surface area contributed by atoms with Crippen LogP contribution in [-0.4, -0.2) is 35.6 Å². The second-order valence-electron chi connectivity index (χ2n) is 6.24. The van der Waals surface area contributed by atoms with Crippen LogP contribution in [-0.2, 0) is 16.0 Å². The van der Waals surface area contributed by atoms with Gasteiger partial charge in [-0.2, -0.15) is 0 Å². The molecule has 1 N–H and O–H groups in total. The normalized spacial score (nSPS) is 14.6. The minimum atomic E-state index is -0.607. The minimum absolute atomic E-state index is 0.280. The van der Waals surface area contributed by atoms with Crippen LogP contribution in [0.1, 0.15) is 29.9 Å². The van der Waals surface area contributed by atoms with Crippen LogP contribution in [0.3, 0.4) is 0 Å². The monoisotopic (exact) mass is 329 g/mol. The van der Waals surface area contributed by atoms with Gasteiger partial charge in [-0.1, -0.05) is 12.1 Å². The number of rotatable bonds is 6. The molecule has 6 nitrogen and oxygen atoms in total. The second kappa shape index (κ2) is 6.39. The van der Waals surface area contributed by atoms with E-state index in [9.17, 15) is 9.59 Å². The van der Waals surface area contributed by atoms with Gasteiger partial charge in [0.05, 0.1) is 5.69 Å². The lowest BCUT2D eigenvalue weighted by Crippen LogP contribution is -2.25. The number of esters is 1. The number of ketones is 1. The van der Waals surface area contributed by atoms with Gasteiger partial charge in [-0.15, -0.1) is 0 Å². The number of carbonyl (C=O) groups excluding carboxylic acids is 2. The van der Waals surface area contributed by atoms with Crippen LogP contribution in [0.2, 0.25) is 0 Å². The minimum Gasteiger partial charge on any atom is -0.483 e. The fourth-order valence-corrected chi connectivity index (χ4v) is 2.61. The number of ether oxygens (including phenoxy) is 3. The molecule has 1 aliphatic rings. The van der Waals surface area contributed by atoms with Crippen molar-refractivity contribution < 1.29 is 23.8 Å². The maximum absolute atomic E-state index is 11.8. The summed E-state index contributed by atoms with van der Waals surface area (Å²) in [5, 5.41) is 0. The average molecular weight is 329 g/mol. The summed E-state index contributed by atoms with van der Waals surface area (Å²) < 4.78 is 16.3. The molecule has 0 spiro atoms. The van der Waals surface area contributed by atoms with Crippen LogP contribution < -0.4 is 9.47 Å². The SMILES string of the molecule is CC1(C)Cc2cccc(OCC(=O)OCC(=O)c3ccc[nH]3)c2O1. The number of Topliss-reactive ketones (excluding diaryl/α,β-unsaturated/α-hetero) is 1. The Morgan fingerprint density at radius 2 is 2.04 bits per heavy atom. The Morgan fingerprint density at radius 3 is 2.79 bits per heavy atom. The Morgan fingerprint density at radius 1 is 1.21 bits per heavy atom. The van der Waals surface area contributed by atoms with Gasteiger partial charge >= 0.3 is 5.97 Å². The van der Waals surface area contributed by atoms with E-state index in [1.54, 1.807) is 24.4 Å². The van der Waals surface area contributed by atoms with Crippen LogP contribution in [0.15, 0.2) is 36.5 Å². The summed E-state index contributed by atoms with van der Waals surface area (Å²) in [7, 11) is 0. The summed E-state index contributed by atoms with van der Waals surface area (Å²) in [4.78, 5) is 26.3. The van der Waals surface area contributed by atoms with Gasteiger partial charge < -0.3 is 19.2 Å². The van der Waals surface area contributed by atoms with Crippen molar-refractivity contribution in [2.75, 3.05) is 13.2 Å². The lowest BCUT2D eigenvalue weighted by molar-refractivity contribution is -0.144. The lowest BCUT2D eigenvalue weighted by atomic mass is 10.0. The quantitative estimate of drug-likeness (QED) is 0.651. The maximum atomic E-state index is 11.8. The number of H-pyrrole nitrogens is 1. The van der Waals surface area contributed by atoms with E-state index in [-0.39, 0.29) is 24.6 Å². The lowest BCUT2D eigenvalue weighted by Gasteiger charge is -2.18. The molecule has 24 heavy (non-hydrogen) atoms. The van der Waals surface area contributed by atoms with Crippen LogP contribution in [0, 0.1) is 0 Å². The highest BCUT2D eigenvalue weighted by Crippen LogP contribution is 2.41. The molecule has 126 valence electrons. The van der Waals surface area contributed by atoms with E-state index in [1.165, 1.54) is 0 Å². The highest BCUT2D eigenvalue weighted by atomic mass is 16.6. The molecule has 1 aromatic heterocycles. The first-order valence-electron chi connectivity index (χ1n) is 7.70. The average Bonchev–Trinajstić information content (AvgIpc) is 3.16. The Hall–Kier alpha value is -2.76. The maximum Gasteiger partial charge on any atom is 0.344 e. The van der Waals surface area contributed by atoms with E-state index < -0.39 is 5.97 Å². The topological polar surface area (TPSA) is 77.6 Å². The van der Waals surface area contributed by atoms with E-state index in [2.05, 4.69) is 4.98 Å². The Bertz CT molecular complexity index is 749. The largest absolute Gasteiger partial charge is 0.483 e. The molecule has 0 bridgehead atoms. The molecular formula is C18H19NO5. The zero-order chi connectivity index (χ0) is 17.2. The highest BCUT2D eigenvalue weighted by molar-refractivity contribution is 5.96. The van der Waals surface area contributed by atoms with E-state index in [0.29, 0.717) is 17.2 Å². The number of hydrogen-bond donors (Lipinski definition) is 1. The second-order valence-corrected chi connectivity index (χ2v) is 6.24. The molecule has 0 atom stereocenters. The summed E-state index contributed by atoms with van der Waals surface area (Å²) in [5.74, 6) is 0.271. The third-order valence-electron chi connectivity index (χ3n) is 3.66. The number of aromatic amines is 1. The van der Waals surface area contributed by atoms with Crippen molar-refractivity contribution in [1.82, 2.24) is 4.98 Å². The molecule has 0 radical (unpaired) electrons. The zero-order valence-corrected chi connectivity index (χ0v) is 13.6. The van der Waals surface area contributed by atoms with Gasteiger partial charge in [-0.25, -0.2) is 4.79 Å². The number of para-hydroxylation sites is 1. The van der Waals surface area contributed by atoms with Gasteiger partial charge in [0, 0.05) is 18.2 Å². The van der Waals surface area contributed by atoms with Gasteiger partial charge in [0.1, 0.15) is 5.60 Å². The molecule has 0 saturated carbocycles. The number of nitrogens with one attached hydrogen (secondary N) is 1. The number of benzene rings is 1. The zero-order valence-electron chi connectivity index (χ0n) is 13.6. The van der Waals surface area contributed by atoms with Crippen molar-refractivity contribution in [3.63, 3.8) is 0 Å². The third-order valence-corrected chi connectivity index (χ3v) is 3.66. The van der Waals surface area contributed by atoms with E-state index >= 15 is 0 Å². The summed E-state index contributed by atoms with van der Waals surface area (Å²) in [6.07, 6.45) is 2.42. The van der Waals surface area contributed by atoms with Crippen molar-refractivity contribution >= 4 is 11.8 Å². The molecule has 0 aliphatic carbocycles. The molecule has 1 aliphatic heterocycles. The summed E-state index contributed by atoms with van der Waals surface area (Å²) >= 11 is 0. The molecule has 0 saturated heterocycles. The molecule has 0 unspecified atom stereocenters.